The number of carbonyl (C=O) groups excluding carboxylic acids is 1. The molecule has 0 aromatic heterocycles. The van der Waals surface area contributed by atoms with Gasteiger partial charge in [-0.2, -0.15) is 0 Å². The second kappa shape index (κ2) is 14.6. The van der Waals surface area contributed by atoms with Gasteiger partial charge in [-0.05, 0) is 65.4 Å². The summed E-state index contributed by atoms with van der Waals surface area (Å²) in [4.78, 5) is 33.6. The highest BCUT2D eigenvalue weighted by Crippen LogP contribution is 2.23. The number of carboxylic acids is 2. The Labute approximate surface area is 218 Å². The number of hydrogen-bond acceptors (Lipinski definition) is 4. The first-order valence-corrected chi connectivity index (χ1v) is 12.4. The molecule has 0 heterocycles. The van der Waals surface area contributed by atoms with Gasteiger partial charge in [0.15, 0.2) is 0 Å². The summed E-state index contributed by atoms with van der Waals surface area (Å²) in [5.41, 5.74) is 6.99. The average molecular weight is 505 g/mol. The van der Waals surface area contributed by atoms with E-state index >= 15 is 0 Å². The fourth-order valence-electron chi connectivity index (χ4n) is 3.86. The number of nitrogens with one attached hydrogen (secondary N) is 2. The fraction of sp³-hybridized carbons (Fsp3) is 0.300. The van der Waals surface area contributed by atoms with E-state index in [1.165, 1.54) is 11.1 Å². The van der Waals surface area contributed by atoms with Gasteiger partial charge >= 0.3 is 5.97 Å². The van der Waals surface area contributed by atoms with Crippen LogP contribution in [0.3, 0.4) is 0 Å². The van der Waals surface area contributed by atoms with Crippen molar-refractivity contribution >= 4 is 17.8 Å². The lowest BCUT2D eigenvalue weighted by Gasteiger charge is -2.16. The molecular formula is C30H36N2O5. The first kappa shape index (κ1) is 29.3. The first-order chi connectivity index (χ1) is 17.7. The maximum Gasteiger partial charge on any atom is 0.326 e. The van der Waals surface area contributed by atoms with Crippen molar-refractivity contribution in [1.82, 2.24) is 10.6 Å². The number of amides is 1. The van der Waals surface area contributed by atoms with Gasteiger partial charge in [0.2, 0.25) is 0 Å². The Kier molecular flexibility index (Phi) is 11.5. The number of rotatable bonds is 10. The molecule has 3 rings (SSSR count). The molecule has 7 nitrogen and oxygen atoms in total. The highest BCUT2D eigenvalue weighted by Gasteiger charge is 2.22. The topological polar surface area (TPSA) is 116 Å². The minimum atomic E-state index is -1.05. The summed E-state index contributed by atoms with van der Waals surface area (Å²) >= 11 is 0. The summed E-state index contributed by atoms with van der Waals surface area (Å²) in [6.45, 7) is 9.00. The normalized spacial score (nSPS) is 11.1. The fourth-order valence-corrected chi connectivity index (χ4v) is 3.86. The van der Waals surface area contributed by atoms with Gasteiger partial charge in [0.25, 0.3) is 11.9 Å². The first-order valence-electron chi connectivity index (χ1n) is 12.4. The van der Waals surface area contributed by atoms with Crippen molar-refractivity contribution in [1.29, 1.82) is 0 Å². The van der Waals surface area contributed by atoms with Crippen molar-refractivity contribution < 1.29 is 24.6 Å². The molecule has 0 radical (unpaired) electrons. The number of carbonyl (C=O) groups is 3. The lowest BCUT2D eigenvalue weighted by Crippen LogP contribution is -2.42. The number of aryl methyl sites for hydroxylation is 2. The second-order valence-electron chi connectivity index (χ2n) is 8.72. The molecular weight excluding hydrogens is 468 g/mol. The maximum atomic E-state index is 12.7. The molecule has 0 fully saturated rings. The molecule has 1 amide bonds. The molecule has 3 aromatic rings. The van der Waals surface area contributed by atoms with E-state index in [0.717, 1.165) is 42.3 Å². The van der Waals surface area contributed by atoms with Crippen LogP contribution >= 0.6 is 0 Å². The third-order valence-electron chi connectivity index (χ3n) is 5.89. The largest absolute Gasteiger partial charge is 0.481 e. The molecule has 0 bridgehead atoms. The van der Waals surface area contributed by atoms with Crippen LogP contribution in [0.4, 0.5) is 0 Å². The van der Waals surface area contributed by atoms with Crippen molar-refractivity contribution in [3.8, 4) is 11.1 Å². The van der Waals surface area contributed by atoms with Crippen molar-refractivity contribution in [2.24, 2.45) is 0 Å². The average Bonchev–Trinajstić information content (AvgIpc) is 2.87. The van der Waals surface area contributed by atoms with Crippen molar-refractivity contribution in [2.75, 3.05) is 6.54 Å². The van der Waals surface area contributed by atoms with E-state index in [2.05, 4.69) is 42.7 Å². The zero-order valence-electron chi connectivity index (χ0n) is 21.9. The zero-order chi connectivity index (χ0) is 27.4. The standard InChI is InChI=1S/C28H32N2O3.C2H4O2/c1-4-21-8-6-7-9-25(21)27(31)30-26(28(32)33)16-20-11-14-22(15-12-20)23-13-10-19(3)24(17-23)18-29-5-2;1-2(3)4/h6-15,17,26,29H,4-5,16,18H2,1-3H3,(H,30,31)(H,32,33);1H3,(H,3,4). The van der Waals surface area contributed by atoms with Gasteiger partial charge in [0, 0.05) is 25.5 Å². The molecule has 0 aliphatic heterocycles. The van der Waals surface area contributed by atoms with E-state index in [0.29, 0.717) is 12.0 Å². The predicted molar refractivity (Wildman–Crippen MR) is 146 cm³/mol. The van der Waals surface area contributed by atoms with Crippen LogP contribution in [0.5, 0.6) is 0 Å². The van der Waals surface area contributed by atoms with Crippen LogP contribution in [-0.4, -0.2) is 40.6 Å². The molecule has 0 saturated heterocycles. The highest BCUT2D eigenvalue weighted by atomic mass is 16.4. The molecule has 0 aliphatic rings. The Morgan fingerprint density at radius 2 is 1.49 bits per heavy atom. The summed E-state index contributed by atoms with van der Waals surface area (Å²) in [6.07, 6.45) is 0.924. The summed E-state index contributed by atoms with van der Waals surface area (Å²) < 4.78 is 0. The molecule has 0 spiro atoms. The lowest BCUT2D eigenvalue weighted by atomic mass is 9.97. The molecule has 0 aliphatic carbocycles. The summed E-state index contributed by atoms with van der Waals surface area (Å²) in [5.74, 6) is -2.24. The Hall–Kier alpha value is -3.97. The maximum absolute atomic E-state index is 12.7. The third-order valence-corrected chi connectivity index (χ3v) is 5.89. The van der Waals surface area contributed by atoms with Crippen molar-refractivity contribution in [3.63, 3.8) is 0 Å². The zero-order valence-corrected chi connectivity index (χ0v) is 21.9. The summed E-state index contributed by atoms with van der Waals surface area (Å²) in [5, 5.41) is 23.2. The van der Waals surface area contributed by atoms with Gasteiger partial charge in [-0.15, -0.1) is 0 Å². The molecule has 196 valence electrons. The molecule has 37 heavy (non-hydrogen) atoms. The van der Waals surface area contributed by atoms with E-state index in [1.54, 1.807) is 12.1 Å². The van der Waals surface area contributed by atoms with Crippen molar-refractivity contribution in [2.45, 2.75) is 53.1 Å². The van der Waals surface area contributed by atoms with Crippen LogP contribution in [0.1, 0.15) is 53.4 Å². The predicted octanol–water partition coefficient (Wildman–Crippen LogP) is 4.85. The Morgan fingerprint density at radius 1 is 0.865 bits per heavy atom. The van der Waals surface area contributed by atoms with E-state index in [9.17, 15) is 14.7 Å². The van der Waals surface area contributed by atoms with Crippen LogP contribution in [-0.2, 0) is 29.0 Å². The number of carboxylic acid groups (broad SMARTS) is 2. The summed E-state index contributed by atoms with van der Waals surface area (Å²) in [6, 6.07) is 20.6. The summed E-state index contributed by atoms with van der Waals surface area (Å²) in [7, 11) is 0. The SMILES string of the molecule is CC(=O)O.CCNCc1cc(-c2ccc(CC(NC(=O)c3ccccc3CC)C(=O)O)cc2)ccc1C. The smallest absolute Gasteiger partial charge is 0.326 e. The Bertz CT molecular complexity index is 1200. The molecule has 1 unspecified atom stereocenters. The van der Waals surface area contributed by atoms with Crippen LogP contribution < -0.4 is 10.6 Å². The van der Waals surface area contributed by atoms with Crippen LogP contribution in [0.15, 0.2) is 66.7 Å². The highest BCUT2D eigenvalue weighted by molar-refractivity contribution is 5.97. The molecule has 3 aromatic carbocycles. The van der Waals surface area contributed by atoms with E-state index in [1.807, 2.05) is 43.3 Å². The van der Waals surface area contributed by atoms with Crippen molar-refractivity contribution in [3.05, 3.63) is 94.5 Å². The lowest BCUT2D eigenvalue weighted by molar-refractivity contribution is -0.139. The van der Waals surface area contributed by atoms with Gasteiger partial charge in [-0.1, -0.05) is 68.4 Å². The Morgan fingerprint density at radius 3 is 2.08 bits per heavy atom. The minimum absolute atomic E-state index is 0.217. The molecule has 7 heteroatoms. The van der Waals surface area contributed by atoms with Crippen LogP contribution in [0, 0.1) is 6.92 Å². The molecule has 0 saturated carbocycles. The third kappa shape index (κ3) is 9.20. The van der Waals surface area contributed by atoms with Gasteiger partial charge in [0.05, 0.1) is 0 Å². The van der Waals surface area contributed by atoms with Gasteiger partial charge in [-0.3, -0.25) is 9.59 Å². The van der Waals surface area contributed by atoms with Crippen LogP contribution in [0.25, 0.3) is 11.1 Å². The van der Waals surface area contributed by atoms with Crippen LogP contribution in [0.2, 0.25) is 0 Å². The van der Waals surface area contributed by atoms with E-state index in [-0.39, 0.29) is 12.3 Å². The number of aliphatic carboxylic acids is 2. The Balaban J connectivity index is 0.00000112. The molecule has 4 N–H and O–H groups in total. The monoisotopic (exact) mass is 504 g/mol. The van der Waals surface area contributed by atoms with E-state index < -0.39 is 18.0 Å². The quantitative estimate of drug-likeness (QED) is 0.314. The van der Waals surface area contributed by atoms with Gasteiger partial charge in [0.1, 0.15) is 6.04 Å². The van der Waals surface area contributed by atoms with E-state index in [4.69, 9.17) is 9.90 Å². The number of hydrogen-bond donors (Lipinski definition) is 4. The van der Waals surface area contributed by atoms with Gasteiger partial charge < -0.3 is 20.8 Å². The number of benzene rings is 3. The second-order valence-corrected chi connectivity index (χ2v) is 8.72. The molecule has 1 atom stereocenters. The minimum Gasteiger partial charge on any atom is -0.481 e. The van der Waals surface area contributed by atoms with Gasteiger partial charge in [-0.25, -0.2) is 4.79 Å².